The zero-order valence-electron chi connectivity index (χ0n) is 28.3. The summed E-state index contributed by atoms with van der Waals surface area (Å²) >= 11 is 9.66. The number of ketones is 1. The highest BCUT2D eigenvalue weighted by Crippen LogP contribution is 2.49. The van der Waals surface area contributed by atoms with Gasteiger partial charge >= 0.3 is 0 Å². The fourth-order valence-corrected chi connectivity index (χ4v) is 7.19. The predicted octanol–water partition coefficient (Wildman–Crippen LogP) is 8.24. The van der Waals surface area contributed by atoms with Gasteiger partial charge in [0.1, 0.15) is 18.3 Å². The van der Waals surface area contributed by atoms with E-state index in [-0.39, 0.29) is 13.0 Å². The number of hydrogen-bond donors (Lipinski definition) is 3. The monoisotopic (exact) mass is 746 g/mol. The van der Waals surface area contributed by atoms with E-state index in [1.165, 1.54) is 14.0 Å². The molecule has 49 heavy (non-hydrogen) atoms. The lowest BCUT2D eigenvalue weighted by Gasteiger charge is -2.44. The molecule has 4 unspecified atom stereocenters. The summed E-state index contributed by atoms with van der Waals surface area (Å²) in [6.45, 7) is 9.35. The molecule has 0 heterocycles. The minimum atomic E-state index is -1.79. The molecule has 2 amide bonds. The predicted molar refractivity (Wildman–Crippen MR) is 196 cm³/mol. The molecule has 256 valence electrons. The molecule has 0 aromatic heterocycles. The fraction of sp³-hybridized carbons (Fsp3) is 0.308. The highest BCUT2D eigenvalue weighted by molar-refractivity contribution is 9.10. The van der Waals surface area contributed by atoms with Gasteiger partial charge in [0.05, 0.1) is 23.1 Å². The van der Waals surface area contributed by atoms with Crippen LogP contribution in [0.2, 0.25) is 5.02 Å². The van der Waals surface area contributed by atoms with Crippen LogP contribution < -0.4 is 20.1 Å². The molecule has 5 rings (SSSR count). The number of rotatable bonds is 9. The van der Waals surface area contributed by atoms with Gasteiger partial charge in [-0.3, -0.25) is 14.4 Å². The first kappa shape index (κ1) is 36.1. The Hall–Kier alpha value is -4.18. The first-order valence-corrected chi connectivity index (χ1v) is 17.1. The number of amides is 2. The lowest BCUT2D eigenvalue weighted by atomic mass is 9.61. The van der Waals surface area contributed by atoms with Crippen LogP contribution in [0.1, 0.15) is 52.6 Å². The summed E-state index contributed by atoms with van der Waals surface area (Å²) in [5.74, 6) is -4.46. The SMILES string of the molecule is COc1cc(C2C(C(=O)Nc3cccc(C)c3C)C(=O)CC(C)(O)C2C(=O)Nc2cccc(C)c2C)cc(Br)c1OCc1ccc(Cl)cc1. The molecule has 3 N–H and O–H groups in total. The Labute approximate surface area is 300 Å². The van der Waals surface area contributed by atoms with E-state index >= 15 is 0 Å². The number of methoxy groups -OCH3 is 1. The highest BCUT2D eigenvalue weighted by atomic mass is 79.9. The first-order valence-electron chi connectivity index (χ1n) is 16.0. The van der Waals surface area contributed by atoms with Gasteiger partial charge in [-0.15, -0.1) is 0 Å². The standard InChI is InChI=1S/C39H40BrClN2O6/c1-21-9-7-11-29(23(21)3)42-37(45)34-31(44)19-39(5,47)35(38(46)43-30-12-8-10-22(2)24(30)4)33(34)26-17-28(40)36(32(18-26)48-6)49-20-25-13-15-27(41)16-14-25/h7-18,33-35,47H,19-20H2,1-6H3,(H,42,45)(H,43,46). The average molecular weight is 748 g/mol. The smallest absolute Gasteiger partial charge is 0.235 e. The van der Waals surface area contributed by atoms with E-state index in [9.17, 15) is 19.5 Å². The third-order valence-electron chi connectivity index (χ3n) is 9.49. The van der Waals surface area contributed by atoms with Gasteiger partial charge in [0.25, 0.3) is 0 Å². The summed E-state index contributed by atoms with van der Waals surface area (Å²) in [7, 11) is 1.48. The van der Waals surface area contributed by atoms with Crippen LogP contribution in [0, 0.1) is 39.5 Å². The van der Waals surface area contributed by atoms with Crippen LogP contribution in [0.25, 0.3) is 0 Å². The summed E-state index contributed by atoms with van der Waals surface area (Å²) in [6.07, 6.45) is -0.389. The number of carbonyl (C=O) groups excluding carboxylic acids is 3. The first-order chi connectivity index (χ1) is 23.2. The highest BCUT2D eigenvalue weighted by Gasteiger charge is 2.56. The minimum absolute atomic E-state index is 0.212. The van der Waals surface area contributed by atoms with E-state index in [4.69, 9.17) is 21.1 Å². The number of Topliss-reactive ketones (excluding diaryl/α,β-unsaturated/α-hetero) is 1. The van der Waals surface area contributed by atoms with Crippen LogP contribution >= 0.6 is 27.5 Å². The molecule has 1 fully saturated rings. The molecule has 4 aromatic rings. The molecule has 0 bridgehead atoms. The Balaban J connectivity index is 1.61. The number of carbonyl (C=O) groups is 3. The van der Waals surface area contributed by atoms with E-state index in [0.29, 0.717) is 37.9 Å². The van der Waals surface area contributed by atoms with Crippen LogP contribution in [0.5, 0.6) is 11.5 Å². The van der Waals surface area contributed by atoms with Crippen molar-refractivity contribution in [2.24, 2.45) is 11.8 Å². The zero-order chi connectivity index (χ0) is 35.6. The van der Waals surface area contributed by atoms with Gasteiger partial charge in [-0.25, -0.2) is 0 Å². The van der Waals surface area contributed by atoms with Crippen molar-refractivity contribution in [1.29, 1.82) is 0 Å². The van der Waals surface area contributed by atoms with Gasteiger partial charge in [0.15, 0.2) is 11.5 Å². The third kappa shape index (κ3) is 7.69. The van der Waals surface area contributed by atoms with Crippen molar-refractivity contribution in [3.05, 3.63) is 116 Å². The average Bonchev–Trinajstić information content (AvgIpc) is 3.04. The summed E-state index contributed by atoms with van der Waals surface area (Å²) in [5.41, 5.74) is 4.36. The Bertz CT molecular complexity index is 1910. The van der Waals surface area contributed by atoms with Crippen LogP contribution in [-0.2, 0) is 21.0 Å². The zero-order valence-corrected chi connectivity index (χ0v) is 30.7. The van der Waals surface area contributed by atoms with Crippen molar-refractivity contribution in [2.45, 2.75) is 59.2 Å². The largest absolute Gasteiger partial charge is 0.493 e. The number of aryl methyl sites for hydroxylation is 2. The van der Waals surface area contributed by atoms with E-state index in [1.807, 2.05) is 64.1 Å². The number of halogens is 2. The van der Waals surface area contributed by atoms with Crippen molar-refractivity contribution in [2.75, 3.05) is 17.7 Å². The molecule has 0 spiro atoms. The number of aliphatic hydroxyl groups is 1. The molecule has 1 aliphatic rings. The topological polar surface area (TPSA) is 114 Å². The Morgan fingerprint density at radius 1 is 0.918 bits per heavy atom. The molecule has 0 aliphatic heterocycles. The second-order valence-electron chi connectivity index (χ2n) is 12.9. The van der Waals surface area contributed by atoms with Gasteiger partial charge in [-0.2, -0.15) is 0 Å². The molecule has 8 nitrogen and oxygen atoms in total. The molecule has 0 radical (unpaired) electrons. The normalized spacial score (nSPS) is 20.4. The molecule has 0 saturated heterocycles. The molecule has 1 aliphatic carbocycles. The molecular formula is C39H40BrClN2O6. The second-order valence-corrected chi connectivity index (χ2v) is 14.2. The third-order valence-corrected chi connectivity index (χ3v) is 10.3. The van der Waals surface area contributed by atoms with Gasteiger partial charge in [0.2, 0.25) is 11.8 Å². The number of ether oxygens (including phenoxy) is 2. The molecular weight excluding hydrogens is 708 g/mol. The Morgan fingerprint density at radius 2 is 1.49 bits per heavy atom. The van der Waals surface area contributed by atoms with Crippen LogP contribution in [0.15, 0.2) is 77.3 Å². The van der Waals surface area contributed by atoms with Crippen LogP contribution in [-0.4, -0.2) is 35.4 Å². The fourth-order valence-electron chi connectivity index (χ4n) is 6.49. The number of anilines is 2. The maximum Gasteiger partial charge on any atom is 0.235 e. The lowest BCUT2D eigenvalue weighted by Crippen LogP contribution is -2.56. The van der Waals surface area contributed by atoms with Crippen molar-refractivity contribution >= 4 is 56.5 Å². The van der Waals surface area contributed by atoms with E-state index in [2.05, 4.69) is 26.6 Å². The molecule has 4 atom stereocenters. The number of hydrogen-bond acceptors (Lipinski definition) is 6. The lowest BCUT2D eigenvalue weighted by molar-refractivity contribution is -0.150. The van der Waals surface area contributed by atoms with Gasteiger partial charge in [-0.1, -0.05) is 48.0 Å². The van der Waals surface area contributed by atoms with E-state index < -0.39 is 41.0 Å². The van der Waals surface area contributed by atoms with Crippen LogP contribution in [0.3, 0.4) is 0 Å². The van der Waals surface area contributed by atoms with E-state index in [0.717, 1.165) is 27.8 Å². The molecule has 1 saturated carbocycles. The van der Waals surface area contributed by atoms with Gasteiger partial charge in [-0.05, 0) is 120 Å². The van der Waals surface area contributed by atoms with Gasteiger partial charge < -0.3 is 25.2 Å². The van der Waals surface area contributed by atoms with Crippen molar-refractivity contribution in [3.63, 3.8) is 0 Å². The van der Waals surface area contributed by atoms with Gasteiger partial charge in [0, 0.05) is 28.7 Å². The van der Waals surface area contributed by atoms with Crippen molar-refractivity contribution in [1.82, 2.24) is 0 Å². The van der Waals surface area contributed by atoms with Crippen molar-refractivity contribution in [3.8, 4) is 11.5 Å². The Kier molecular flexibility index (Phi) is 10.9. The summed E-state index contributed by atoms with van der Waals surface area (Å²) in [5, 5.41) is 18.4. The van der Waals surface area contributed by atoms with Crippen molar-refractivity contribution < 1.29 is 29.0 Å². The maximum atomic E-state index is 14.4. The van der Waals surface area contributed by atoms with Crippen LogP contribution in [0.4, 0.5) is 11.4 Å². The summed E-state index contributed by atoms with van der Waals surface area (Å²) < 4.78 is 12.4. The molecule has 10 heteroatoms. The second kappa shape index (κ2) is 14.7. The summed E-state index contributed by atoms with van der Waals surface area (Å²) in [4.78, 5) is 42.6. The number of nitrogens with one attached hydrogen (secondary N) is 2. The maximum absolute atomic E-state index is 14.4. The number of benzene rings is 4. The summed E-state index contributed by atoms with van der Waals surface area (Å²) in [6, 6.07) is 21.7. The van der Waals surface area contributed by atoms with E-state index in [1.54, 1.807) is 36.4 Å². The quantitative estimate of drug-likeness (QED) is 0.149. The molecule has 4 aromatic carbocycles. The Morgan fingerprint density at radius 3 is 2.06 bits per heavy atom. The minimum Gasteiger partial charge on any atom is -0.493 e.